The van der Waals surface area contributed by atoms with Crippen LogP contribution in [0.25, 0.3) is 0 Å². The van der Waals surface area contributed by atoms with Gasteiger partial charge in [-0.1, -0.05) is 18.2 Å². The molecule has 1 aliphatic carbocycles. The van der Waals surface area contributed by atoms with Crippen molar-refractivity contribution in [3.63, 3.8) is 0 Å². The highest BCUT2D eigenvalue weighted by Crippen LogP contribution is 2.30. The van der Waals surface area contributed by atoms with Gasteiger partial charge in [0.1, 0.15) is 0 Å². The van der Waals surface area contributed by atoms with Gasteiger partial charge in [0.05, 0.1) is 15.5 Å². The lowest BCUT2D eigenvalue weighted by molar-refractivity contribution is -0.385. The Morgan fingerprint density at radius 1 is 1.12 bits per heavy atom. The van der Waals surface area contributed by atoms with E-state index in [1.807, 2.05) is 12.1 Å². The summed E-state index contributed by atoms with van der Waals surface area (Å²) in [4.78, 5) is 10.4. The van der Waals surface area contributed by atoms with E-state index < -0.39 is 14.9 Å². The van der Waals surface area contributed by atoms with E-state index >= 15 is 0 Å². The minimum atomic E-state index is -3.87. The van der Waals surface area contributed by atoms with E-state index in [4.69, 9.17) is 0 Å². The molecular formula is C17H18N2O4S. The van der Waals surface area contributed by atoms with Crippen LogP contribution in [0, 0.1) is 17.0 Å². The van der Waals surface area contributed by atoms with E-state index in [2.05, 4.69) is 4.72 Å². The summed E-state index contributed by atoms with van der Waals surface area (Å²) in [6.45, 7) is 1.58. The van der Waals surface area contributed by atoms with Crippen LogP contribution in [-0.2, 0) is 22.9 Å². The minimum Gasteiger partial charge on any atom is -0.279 e. The number of sulfonamides is 1. The highest BCUT2D eigenvalue weighted by molar-refractivity contribution is 7.92. The van der Waals surface area contributed by atoms with Crippen LogP contribution < -0.4 is 4.72 Å². The second-order valence-electron chi connectivity index (χ2n) is 5.96. The lowest BCUT2D eigenvalue weighted by Gasteiger charge is -2.20. The van der Waals surface area contributed by atoms with Crippen molar-refractivity contribution >= 4 is 21.4 Å². The first-order valence-electron chi connectivity index (χ1n) is 7.77. The first-order chi connectivity index (χ1) is 11.4. The number of aryl methyl sites for hydroxylation is 2. The average molecular weight is 346 g/mol. The maximum atomic E-state index is 12.6. The molecule has 0 saturated heterocycles. The fourth-order valence-corrected chi connectivity index (χ4v) is 4.15. The van der Waals surface area contributed by atoms with Crippen molar-refractivity contribution in [1.29, 1.82) is 0 Å². The molecule has 0 fully saturated rings. The van der Waals surface area contributed by atoms with Gasteiger partial charge in [0, 0.05) is 11.6 Å². The number of nitro benzene ring substituents is 1. The van der Waals surface area contributed by atoms with E-state index in [0.717, 1.165) is 42.9 Å². The lowest BCUT2D eigenvalue weighted by Crippen LogP contribution is -2.16. The molecule has 3 rings (SSSR count). The zero-order valence-electron chi connectivity index (χ0n) is 13.3. The normalized spacial score (nSPS) is 14.0. The highest BCUT2D eigenvalue weighted by Gasteiger charge is 2.22. The Bertz CT molecular complexity index is 907. The van der Waals surface area contributed by atoms with Crippen molar-refractivity contribution in [2.45, 2.75) is 37.5 Å². The third-order valence-electron chi connectivity index (χ3n) is 4.33. The van der Waals surface area contributed by atoms with Crippen LogP contribution in [0.4, 0.5) is 11.4 Å². The number of hydrogen-bond acceptors (Lipinski definition) is 4. The molecular weight excluding hydrogens is 328 g/mol. The Labute approximate surface area is 140 Å². The minimum absolute atomic E-state index is 0.104. The molecule has 0 amide bonds. The van der Waals surface area contributed by atoms with Gasteiger partial charge in [-0.15, -0.1) is 0 Å². The van der Waals surface area contributed by atoms with Crippen molar-refractivity contribution in [3.8, 4) is 0 Å². The highest BCUT2D eigenvalue weighted by atomic mass is 32.2. The van der Waals surface area contributed by atoms with Crippen molar-refractivity contribution in [3.05, 3.63) is 63.2 Å². The van der Waals surface area contributed by atoms with E-state index in [9.17, 15) is 18.5 Å². The molecule has 0 saturated carbocycles. The van der Waals surface area contributed by atoms with E-state index in [0.29, 0.717) is 11.3 Å². The number of benzene rings is 2. The van der Waals surface area contributed by atoms with Crippen molar-refractivity contribution in [1.82, 2.24) is 0 Å². The Morgan fingerprint density at radius 3 is 2.62 bits per heavy atom. The molecule has 2 aromatic carbocycles. The molecule has 0 atom stereocenters. The zero-order chi connectivity index (χ0) is 17.3. The summed E-state index contributed by atoms with van der Waals surface area (Å²) in [6, 6.07) is 9.53. The summed E-state index contributed by atoms with van der Waals surface area (Å²) >= 11 is 0. The fourth-order valence-electron chi connectivity index (χ4n) is 3.03. The van der Waals surface area contributed by atoms with Gasteiger partial charge in [0.2, 0.25) is 0 Å². The third kappa shape index (κ3) is 3.12. The molecule has 0 bridgehead atoms. The van der Waals surface area contributed by atoms with Crippen LogP contribution in [0.2, 0.25) is 0 Å². The molecule has 0 aromatic heterocycles. The summed E-state index contributed by atoms with van der Waals surface area (Å²) in [6.07, 6.45) is 3.91. The standard InChI is InChI=1S/C17H18N2O4S/c1-12-9-10-14(11-17(12)19(20)21)24(22,23)18-16-8-4-6-13-5-2-3-7-15(13)16/h4,6,8-11,18H,2-3,5,7H2,1H3. The molecule has 0 heterocycles. The molecule has 7 heteroatoms. The summed E-state index contributed by atoms with van der Waals surface area (Å²) in [5.74, 6) is 0. The third-order valence-corrected chi connectivity index (χ3v) is 5.69. The largest absolute Gasteiger partial charge is 0.279 e. The number of hydrogen-bond donors (Lipinski definition) is 1. The second kappa shape index (κ2) is 6.24. The Kier molecular flexibility index (Phi) is 4.28. The monoisotopic (exact) mass is 346 g/mol. The predicted molar refractivity (Wildman–Crippen MR) is 91.7 cm³/mol. The molecule has 0 radical (unpaired) electrons. The van der Waals surface area contributed by atoms with E-state index in [1.54, 1.807) is 13.0 Å². The quantitative estimate of drug-likeness (QED) is 0.677. The van der Waals surface area contributed by atoms with Crippen LogP contribution in [0.5, 0.6) is 0 Å². The number of rotatable bonds is 4. The van der Waals surface area contributed by atoms with Gasteiger partial charge >= 0.3 is 0 Å². The summed E-state index contributed by atoms with van der Waals surface area (Å²) in [5, 5.41) is 11.0. The summed E-state index contributed by atoms with van der Waals surface area (Å²) < 4.78 is 27.9. The first-order valence-corrected chi connectivity index (χ1v) is 9.25. The smallest absolute Gasteiger partial charge is 0.273 e. The average Bonchev–Trinajstić information content (AvgIpc) is 2.55. The van der Waals surface area contributed by atoms with Crippen LogP contribution in [-0.4, -0.2) is 13.3 Å². The van der Waals surface area contributed by atoms with Crippen LogP contribution in [0.15, 0.2) is 41.3 Å². The van der Waals surface area contributed by atoms with Crippen molar-refractivity contribution in [2.75, 3.05) is 4.72 Å². The van der Waals surface area contributed by atoms with Crippen LogP contribution in [0.1, 0.15) is 29.5 Å². The zero-order valence-corrected chi connectivity index (χ0v) is 14.1. The van der Waals surface area contributed by atoms with Gasteiger partial charge in [-0.2, -0.15) is 0 Å². The number of nitro groups is 1. The van der Waals surface area contributed by atoms with Gasteiger partial charge in [-0.05, 0) is 55.9 Å². The SMILES string of the molecule is Cc1ccc(S(=O)(=O)Nc2cccc3c2CCCC3)cc1[N+](=O)[O-]. The topological polar surface area (TPSA) is 89.3 Å². The van der Waals surface area contributed by atoms with Crippen LogP contribution in [0.3, 0.4) is 0 Å². The second-order valence-corrected chi connectivity index (χ2v) is 7.64. The molecule has 0 unspecified atom stereocenters. The summed E-state index contributed by atoms with van der Waals surface area (Å²) in [7, 11) is -3.87. The molecule has 6 nitrogen and oxygen atoms in total. The number of fused-ring (bicyclic) bond motifs is 1. The van der Waals surface area contributed by atoms with Gasteiger partial charge in [0.15, 0.2) is 0 Å². The molecule has 0 aliphatic heterocycles. The fraction of sp³-hybridized carbons (Fsp3) is 0.294. The predicted octanol–water partition coefficient (Wildman–Crippen LogP) is 3.58. The van der Waals surface area contributed by atoms with Crippen molar-refractivity contribution in [2.24, 2.45) is 0 Å². The number of anilines is 1. The van der Waals surface area contributed by atoms with Gasteiger partial charge in [-0.3, -0.25) is 14.8 Å². The molecule has 0 spiro atoms. The number of nitrogens with one attached hydrogen (secondary N) is 1. The van der Waals surface area contributed by atoms with Gasteiger partial charge < -0.3 is 0 Å². The van der Waals surface area contributed by atoms with Crippen molar-refractivity contribution < 1.29 is 13.3 Å². The van der Waals surface area contributed by atoms with Gasteiger partial charge in [-0.25, -0.2) is 8.42 Å². The molecule has 24 heavy (non-hydrogen) atoms. The Morgan fingerprint density at radius 2 is 1.88 bits per heavy atom. The Balaban J connectivity index is 1.98. The summed E-state index contributed by atoms with van der Waals surface area (Å²) in [5.41, 5.74) is 2.98. The lowest BCUT2D eigenvalue weighted by atomic mass is 9.91. The molecule has 2 aromatic rings. The van der Waals surface area contributed by atoms with E-state index in [-0.39, 0.29) is 10.6 Å². The van der Waals surface area contributed by atoms with E-state index in [1.165, 1.54) is 12.1 Å². The molecule has 1 N–H and O–H groups in total. The van der Waals surface area contributed by atoms with Gasteiger partial charge in [0.25, 0.3) is 15.7 Å². The number of nitrogens with zero attached hydrogens (tertiary/aromatic N) is 1. The molecule has 126 valence electrons. The maximum absolute atomic E-state index is 12.6. The first kappa shape index (κ1) is 16.4. The molecule has 1 aliphatic rings. The van der Waals surface area contributed by atoms with Crippen LogP contribution >= 0.6 is 0 Å². The Hall–Kier alpha value is -2.41. The maximum Gasteiger partial charge on any atom is 0.273 e.